The van der Waals surface area contributed by atoms with Crippen molar-refractivity contribution >= 4 is 17.7 Å². The molecule has 0 saturated carbocycles. The zero-order valence-electron chi connectivity index (χ0n) is 10.5. The fourth-order valence-electron chi connectivity index (χ4n) is 1.18. The maximum Gasteiger partial charge on any atom is 0.224 e. The lowest BCUT2D eigenvalue weighted by Crippen LogP contribution is -2.41. The van der Waals surface area contributed by atoms with E-state index in [0.717, 1.165) is 5.75 Å². The number of hydrogen-bond donors (Lipinski definition) is 1. The Kier molecular flexibility index (Phi) is 7.02. The lowest BCUT2D eigenvalue weighted by atomic mass is 10.0. The van der Waals surface area contributed by atoms with Gasteiger partial charge in [0.2, 0.25) is 5.91 Å². The molecule has 0 fully saturated rings. The van der Waals surface area contributed by atoms with Gasteiger partial charge in [-0.25, -0.2) is 0 Å². The smallest absolute Gasteiger partial charge is 0.224 e. The van der Waals surface area contributed by atoms with Crippen LogP contribution in [0.5, 0.6) is 0 Å². The van der Waals surface area contributed by atoms with E-state index in [1.165, 1.54) is 0 Å². The highest BCUT2D eigenvalue weighted by Crippen LogP contribution is 2.09. The Morgan fingerprint density at radius 2 is 1.93 bits per heavy atom. The van der Waals surface area contributed by atoms with Crippen molar-refractivity contribution in [3.05, 3.63) is 0 Å². The van der Waals surface area contributed by atoms with Crippen molar-refractivity contribution in [3.63, 3.8) is 0 Å². The van der Waals surface area contributed by atoms with Gasteiger partial charge in [-0.15, -0.1) is 0 Å². The molecule has 15 heavy (non-hydrogen) atoms. The second-order valence-electron chi connectivity index (χ2n) is 4.42. The number of thioether (sulfide) groups is 1. The molecule has 0 aliphatic carbocycles. The number of carbonyl (C=O) groups is 1. The standard InChI is InChI=1S/C11H24N2OS/c1-8(2)10(12)6-11(14)13(4)9(3)7-15-5/h8-10H,6-7,12H2,1-5H3. The molecule has 1 amide bonds. The van der Waals surface area contributed by atoms with Gasteiger partial charge in [-0.3, -0.25) is 4.79 Å². The molecule has 2 atom stereocenters. The zero-order valence-corrected chi connectivity index (χ0v) is 11.3. The van der Waals surface area contributed by atoms with Crippen molar-refractivity contribution < 1.29 is 4.79 Å². The van der Waals surface area contributed by atoms with Crippen LogP contribution in [0.25, 0.3) is 0 Å². The summed E-state index contributed by atoms with van der Waals surface area (Å²) in [5.74, 6) is 1.48. The van der Waals surface area contributed by atoms with Crippen LogP contribution in [0.3, 0.4) is 0 Å². The fourth-order valence-corrected chi connectivity index (χ4v) is 1.89. The molecule has 0 spiro atoms. The predicted octanol–water partition coefficient (Wildman–Crippen LogP) is 1.57. The van der Waals surface area contributed by atoms with Crippen LogP contribution < -0.4 is 5.73 Å². The number of nitrogens with zero attached hydrogens (tertiary/aromatic N) is 1. The van der Waals surface area contributed by atoms with E-state index in [9.17, 15) is 4.79 Å². The van der Waals surface area contributed by atoms with Crippen LogP contribution in [0, 0.1) is 5.92 Å². The zero-order chi connectivity index (χ0) is 12.0. The highest BCUT2D eigenvalue weighted by Gasteiger charge is 2.19. The first-order valence-corrected chi connectivity index (χ1v) is 6.79. The van der Waals surface area contributed by atoms with Crippen molar-refractivity contribution in [2.24, 2.45) is 11.7 Å². The van der Waals surface area contributed by atoms with Crippen LogP contribution in [0.4, 0.5) is 0 Å². The molecule has 0 aromatic heterocycles. The monoisotopic (exact) mass is 232 g/mol. The van der Waals surface area contributed by atoms with Crippen LogP contribution in [-0.2, 0) is 4.79 Å². The van der Waals surface area contributed by atoms with Crippen LogP contribution in [0.2, 0.25) is 0 Å². The molecule has 90 valence electrons. The Hall–Kier alpha value is -0.220. The molecule has 3 nitrogen and oxygen atoms in total. The Bertz CT molecular complexity index is 197. The third-order valence-corrected chi connectivity index (χ3v) is 3.54. The predicted molar refractivity (Wildman–Crippen MR) is 68.0 cm³/mol. The van der Waals surface area contributed by atoms with Gasteiger partial charge in [0.05, 0.1) is 0 Å². The van der Waals surface area contributed by atoms with Crippen molar-refractivity contribution in [2.75, 3.05) is 19.1 Å². The summed E-state index contributed by atoms with van der Waals surface area (Å²) >= 11 is 1.76. The van der Waals surface area contributed by atoms with Gasteiger partial charge in [-0.2, -0.15) is 11.8 Å². The number of rotatable bonds is 6. The first-order chi connectivity index (χ1) is 6.90. The third kappa shape index (κ3) is 5.42. The van der Waals surface area contributed by atoms with E-state index in [2.05, 4.69) is 13.2 Å². The summed E-state index contributed by atoms with van der Waals surface area (Å²) in [6.45, 7) is 6.15. The van der Waals surface area contributed by atoms with E-state index >= 15 is 0 Å². The van der Waals surface area contributed by atoms with Crippen molar-refractivity contribution in [3.8, 4) is 0 Å². The summed E-state index contributed by atoms with van der Waals surface area (Å²) in [6.07, 6.45) is 2.50. The topological polar surface area (TPSA) is 46.3 Å². The van der Waals surface area contributed by atoms with Gasteiger partial charge in [-0.05, 0) is 19.1 Å². The molecular formula is C11H24N2OS. The quantitative estimate of drug-likeness (QED) is 0.756. The molecule has 0 bridgehead atoms. The van der Waals surface area contributed by atoms with Crippen LogP contribution in [0.1, 0.15) is 27.2 Å². The van der Waals surface area contributed by atoms with E-state index < -0.39 is 0 Å². The second-order valence-corrected chi connectivity index (χ2v) is 5.33. The second kappa shape index (κ2) is 7.12. The average Bonchev–Trinajstić information content (AvgIpc) is 2.16. The minimum absolute atomic E-state index is 0.0265. The Morgan fingerprint density at radius 3 is 2.33 bits per heavy atom. The number of hydrogen-bond acceptors (Lipinski definition) is 3. The summed E-state index contributed by atoms with van der Waals surface area (Å²) in [5.41, 5.74) is 5.88. The lowest BCUT2D eigenvalue weighted by Gasteiger charge is -2.26. The summed E-state index contributed by atoms with van der Waals surface area (Å²) in [4.78, 5) is 13.6. The molecule has 2 N–H and O–H groups in total. The van der Waals surface area contributed by atoms with E-state index in [4.69, 9.17) is 5.73 Å². The third-order valence-electron chi connectivity index (χ3n) is 2.73. The fraction of sp³-hybridized carbons (Fsp3) is 0.909. The van der Waals surface area contributed by atoms with E-state index in [1.807, 2.05) is 20.9 Å². The molecule has 4 heteroatoms. The Labute approximate surface area is 97.8 Å². The summed E-state index contributed by atoms with van der Waals surface area (Å²) in [5, 5.41) is 0. The largest absolute Gasteiger partial charge is 0.342 e. The average molecular weight is 232 g/mol. The van der Waals surface area contributed by atoms with Gasteiger partial charge in [-0.1, -0.05) is 13.8 Å². The van der Waals surface area contributed by atoms with Gasteiger partial charge in [0.25, 0.3) is 0 Å². The molecule has 0 aromatic rings. The minimum atomic E-state index is -0.0265. The molecule has 0 heterocycles. The molecule has 0 aliphatic heterocycles. The van der Waals surface area contributed by atoms with Crippen LogP contribution >= 0.6 is 11.8 Å². The first kappa shape index (κ1) is 14.8. The first-order valence-electron chi connectivity index (χ1n) is 5.40. The van der Waals surface area contributed by atoms with Gasteiger partial charge >= 0.3 is 0 Å². The molecular weight excluding hydrogens is 208 g/mol. The number of nitrogens with two attached hydrogens (primary N) is 1. The normalized spacial score (nSPS) is 15.1. The Balaban J connectivity index is 4.09. The molecule has 0 saturated heterocycles. The molecule has 0 radical (unpaired) electrons. The maximum atomic E-state index is 11.8. The van der Waals surface area contributed by atoms with Gasteiger partial charge in [0.1, 0.15) is 0 Å². The van der Waals surface area contributed by atoms with E-state index in [0.29, 0.717) is 12.3 Å². The van der Waals surface area contributed by atoms with Gasteiger partial charge in [0.15, 0.2) is 0 Å². The summed E-state index contributed by atoms with van der Waals surface area (Å²) in [6, 6.07) is 0.258. The lowest BCUT2D eigenvalue weighted by molar-refractivity contribution is -0.131. The molecule has 0 rings (SSSR count). The van der Waals surface area contributed by atoms with Crippen molar-refractivity contribution in [1.82, 2.24) is 4.90 Å². The number of carbonyl (C=O) groups excluding carboxylic acids is 1. The van der Waals surface area contributed by atoms with Gasteiger partial charge in [0, 0.05) is 31.3 Å². The van der Waals surface area contributed by atoms with Crippen molar-refractivity contribution in [1.29, 1.82) is 0 Å². The summed E-state index contributed by atoms with van der Waals surface area (Å²) < 4.78 is 0. The van der Waals surface area contributed by atoms with Crippen LogP contribution in [-0.4, -0.2) is 41.9 Å². The van der Waals surface area contributed by atoms with E-state index in [-0.39, 0.29) is 18.0 Å². The number of amides is 1. The minimum Gasteiger partial charge on any atom is -0.342 e. The Morgan fingerprint density at radius 1 is 1.40 bits per heavy atom. The van der Waals surface area contributed by atoms with Crippen LogP contribution in [0.15, 0.2) is 0 Å². The van der Waals surface area contributed by atoms with Crippen molar-refractivity contribution in [2.45, 2.75) is 39.3 Å². The SMILES string of the molecule is CSCC(C)N(C)C(=O)CC(N)C(C)C. The molecule has 0 aliphatic rings. The maximum absolute atomic E-state index is 11.8. The highest BCUT2D eigenvalue weighted by atomic mass is 32.2. The van der Waals surface area contributed by atoms with E-state index in [1.54, 1.807) is 16.7 Å². The summed E-state index contributed by atoms with van der Waals surface area (Å²) in [7, 11) is 1.86. The van der Waals surface area contributed by atoms with Gasteiger partial charge < -0.3 is 10.6 Å². The highest BCUT2D eigenvalue weighted by molar-refractivity contribution is 7.98. The molecule has 0 aromatic carbocycles. The molecule has 2 unspecified atom stereocenters.